The number of alkyl halides is 4. The summed E-state index contributed by atoms with van der Waals surface area (Å²) in [5.74, 6) is -1.91. The maximum atomic E-state index is 15.6. The molecule has 4 rings (SSSR count). The first-order valence-corrected chi connectivity index (χ1v) is 10.2. The van der Waals surface area contributed by atoms with Crippen LogP contribution < -0.4 is 17.0 Å². The van der Waals surface area contributed by atoms with Crippen molar-refractivity contribution in [2.45, 2.75) is 50.2 Å². The standard InChI is InChI=1S/C19H23F5N4O4/c1-31-15-13-11(17(29)26-19(30)28(13)8-2-3-8)10(16(21)22)12(20)14(15)27-5-7(4-25)9(6-27)32-18(23)24/h7-9,14-16,18H,2-6,25H2,1H3,(H,26,29,30). The lowest BCUT2D eigenvalue weighted by Crippen LogP contribution is -2.48. The van der Waals surface area contributed by atoms with Gasteiger partial charge in [0.05, 0.1) is 29.0 Å². The monoisotopic (exact) mass is 466 g/mol. The highest BCUT2D eigenvalue weighted by atomic mass is 19.3. The molecule has 2 heterocycles. The summed E-state index contributed by atoms with van der Waals surface area (Å²) in [6.07, 6.45) is -4.54. The van der Waals surface area contributed by atoms with Crippen molar-refractivity contribution in [2.24, 2.45) is 11.7 Å². The maximum absolute atomic E-state index is 15.6. The molecule has 13 heteroatoms. The number of H-pyrrole nitrogens is 1. The van der Waals surface area contributed by atoms with Gasteiger partial charge in [-0.15, -0.1) is 0 Å². The fourth-order valence-corrected chi connectivity index (χ4v) is 4.78. The molecule has 1 aliphatic heterocycles. The minimum Gasteiger partial charge on any atom is -0.373 e. The summed E-state index contributed by atoms with van der Waals surface area (Å²) < 4.78 is 80.5. The zero-order valence-corrected chi connectivity index (χ0v) is 17.1. The van der Waals surface area contributed by atoms with Gasteiger partial charge < -0.3 is 15.2 Å². The lowest BCUT2D eigenvalue weighted by molar-refractivity contribution is -0.167. The molecule has 4 atom stereocenters. The van der Waals surface area contributed by atoms with E-state index >= 15 is 4.39 Å². The van der Waals surface area contributed by atoms with E-state index in [1.165, 1.54) is 16.6 Å². The molecular weight excluding hydrogens is 443 g/mol. The zero-order chi connectivity index (χ0) is 23.3. The third-order valence-electron chi connectivity index (χ3n) is 6.29. The Labute approximate surface area is 178 Å². The molecule has 0 radical (unpaired) electrons. The Kier molecular flexibility index (Phi) is 6.27. The predicted octanol–water partition coefficient (Wildman–Crippen LogP) is 1.39. The molecule has 0 aromatic carbocycles. The van der Waals surface area contributed by atoms with Crippen molar-refractivity contribution in [3.05, 3.63) is 37.9 Å². The van der Waals surface area contributed by atoms with Crippen LogP contribution in [0.3, 0.4) is 0 Å². The fraction of sp³-hybridized carbons (Fsp3) is 0.684. The van der Waals surface area contributed by atoms with Crippen LogP contribution in [0, 0.1) is 5.92 Å². The summed E-state index contributed by atoms with van der Waals surface area (Å²) >= 11 is 0. The molecule has 0 bridgehead atoms. The number of aromatic amines is 1. The molecule has 32 heavy (non-hydrogen) atoms. The van der Waals surface area contributed by atoms with E-state index in [2.05, 4.69) is 4.74 Å². The lowest BCUT2D eigenvalue weighted by atomic mass is 9.87. The SMILES string of the molecule is COC1c2c(c(=O)[nH]c(=O)n2C2CC2)C(C(F)F)=C(F)C1N1CC(CN)C(OC(F)F)C1. The van der Waals surface area contributed by atoms with Gasteiger partial charge in [-0.2, -0.15) is 8.78 Å². The van der Waals surface area contributed by atoms with E-state index in [9.17, 15) is 27.2 Å². The average molecular weight is 466 g/mol. The van der Waals surface area contributed by atoms with E-state index in [1.807, 2.05) is 4.98 Å². The number of hydrogen-bond donors (Lipinski definition) is 2. The van der Waals surface area contributed by atoms with Crippen molar-refractivity contribution in [2.75, 3.05) is 26.7 Å². The number of nitrogens with one attached hydrogen (secondary N) is 1. The van der Waals surface area contributed by atoms with E-state index in [-0.39, 0.29) is 31.4 Å². The molecule has 3 aliphatic rings. The number of fused-ring (bicyclic) bond motifs is 1. The Morgan fingerprint density at radius 1 is 1.19 bits per heavy atom. The van der Waals surface area contributed by atoms with E-state index in [1.54, 1.807) is 0 Å². The third kappa shape index (κ3) is 3.80. The highest BCUT2D eigenvalue weighted by Gasteiger charge is 2.50. The van der Waals surface area contributed by atoms with Gasteiger partial charge in [0, 0.05) is 32.2 Å². The van der Waals surface area contributed by atoms with Crippen molar-refractivity contribution in [1.29, 1.82) is 0 Å². The number of rotatable bonds is 7. The molecular formula is C19H23F5N4O4. The molecule has 0 amide bonds. The highest BCUT2D eigenvalue weighted by molar-refractivity contribution is 5.74. The number of likely N-dealkylation sites (tertiary alicyclic amines) is 1. The van der Waals surface area contributed by atoms with Gasteiger partial charge in [0.2, 0.25) is 0 Å². The molecule has 2 fully saturated rings. The van der Waals surface area contributed by atoms with Crippen LogP contribution in [0.15, 0.2) is 15.4 Å². The van der Waals surface area contributed by atoms with Crippen molar-refractivity contribution in [1.82, 2.24) is 14.5 Å². The number of nitrogens with two attached hydrogens (primary N) is 1. The van der Waals surface area contributed by atoms with Crippen molar-refractivity contribution < 1.29 is 31.4 Å². The zero-order valence-electron chi connectivity index (χ0n) is 17.1. The smallest absolute Gasteiger partial charge is 0.345 e. The Morgan fingerprint density at radius 3 is 2.41 bits per heavy atom. The Balaban J connectivity index is 1.87. The fourth-order valence-electron chi connectivity index (χ4n) is 4.78. The summed E-state index contributed by atoms with van der Waals surface area (Å²) in [4.78, 5) is 28.4. The van der Waals surface area contributed by atoms with Crippen LogP contribution in [0.4, 0.5) is 22.0 Å². The van der Waals surface area contributed by atoms with Gasteiger partial charge in [-0.25, -0.2) is 18.0 Å². The molecule has 4 unspecified atom stereocenters. The van der Waals surface area contributed by atoms with Crippen LogP contribution in [-0.2, 0) is 9.47 Å². The second-order valence-electron chi connectivity index (χ2n) is 8.17. The van der Waals surface area contributed by atoms with Gasteiger partial charge in [0.1, 0.15) is 11.9 Å². The Morgan fingerprint density at radius 2 is 1.88 bits per heavy atom. The number of nitrogens with zero attached hydrogens (tertiary/aromatic N) is 2. The van der Waals surface area contributed by atoms with Gasteiger partial charge >= 0.3 is 12.3 Å². The van der Waals surface area contributed by atoms with Crippen molar-refractivity contribution in [3.8, 4) is 0 Å². The van der Waals surface area contributed by atoms with Gasteiger partial charge in [0.25, 0.3) is 12.0 Å². The highest BCUT2D eigenvalue weighted by Crippen LogP contribution is 2.46. The van der Waals surface area contributed by atoms with Gasteiger partial charge in [-0.3, -0.25) is 19.2 Å². The largest absolute Gasteiger partial charge is 0.373 e. The average Bonchev–Trinajstić information content (AvgIpc) is 3.47. The maximum Gasteiger partial charge on any atom is 0.345 e. The van der Waals surface area contributed by atoms with E-state index in [4.69, 9.17) is 10.5 Å². The van der Waals surface area contributed by atoms with Crippen molar-refractivity contribution >= 4 is 5.57 Å². The minimum atomic E-state index is -3.36. The summed E-state index contributed by atoms with van der Waals surface area (Å²) in [6.45, 7) is -3.37. The van der Waals surface area contributed by atoms with E-state index < -0.39 is 65.4 Å². The van der Waals surface area contributed by atoms with Gasteiger partial charge in [-0.1, -0.05) is 0 Å². The topological polar surface area (TPSA) is 103 Å². The summed E-state index contributed by atoms with van der Waals surface area (Å²) in [7, 11) is 1.20. The molecule has 1 aromatic heterocycles. The minimum absolute atomic E-state index is 0.0193. The summed E-state index contributed by atoms with van der Waals surface area (Å²) in [5.41, 5.74) is 1.85. The molecule has 2 aliphatic carbocycles. The summed E-state index contributed by atoms with van der Waals surface area (Å²) in [6, 6.07) is -1.81. The quantitative estimate of drug-likeness (QED) is 0.589. The summed E-state index contributed by atoms with van der Waals surface area (Å²) in [5, 5.41) is 0. The van der Waals surface area contributed by atoms with Crippen LogP contribution in [0.1, 0.15) is 36.2 Å². The molecule has 1 saturated carbocycles. The second-order valence-corrected chi connectivity index (χ2v) is 8.17. The molecule has 1 aromatic rings. The van der Waals surface area contributed by atoms with Crippen LogP contribution in [0.5, 0.6) is 0 Å². The number of halogens is 5. The number of hydrogen-bond acceptors (Lipinski definition) is 6. The number of allylic oxidation sites excluding steroid dienone is 1. The third-order valence-corrected chi connectivity index (χ3v) is 6.29. The molecule has 178 valence electrons. The second kappa shape index (κ2) is 8.69. The first-order chi connectivity index (χ1) is 15.2. The molecule has 8 nitrogen and oxygen atoms in total. The number of aromatic nitrogens is 2. The first-order valence-electron chi connectivity index (χ1n) is 10.2. The molecule has 3 N–H and O–H groups in total. The predicted molar refractivity (Wildman–Crippen MR) is 102 cm³/mol. The van der Waals surface area contributed by atoms with Gasteiger partial charge in [-0.05, 0) is 19.4 Å². The lowest BCUT2D eigenvalue weighted by Gasteiger charge is -2.38. The Bertz CT molecular complexity index is 1020. The molecule has 1 saturated heterocycles. The first kappa shape index (κ1) is 23.1. The van der Waals surface area contributed by atoms with Gasteiger partial charge in [0.15, 0.2) is 0 Å². The van der Waals surface area contributed by atoms with Crippen molar-refractivity contribution in [3.63, 3.8) is 0 Å². The van der Waals surface area contributed by atoms with Crippen LogP contribution in [-0.4, -0.2) is 66.4 Å². The van der Waals surface area contributed by atoms with Crippen LogP contribution in [0.2, 0.25) is 0 Å². The van der Waals surface area contributed by atoms with E-state index in [0.29, 0.717) is 12.8 Å². The number of methoxy groups -OCH3 is 1. The van der Waals surface area contributed by atoms with Crippen LogP contribution >= 0.6 is 0 Å². The number of ether oxygens (including phenoxy) is 2. The molecule has 0 spiro atoms. The van der Waals surface area contributed by atoms with Crippen LogP contribution in [0.25, 0.3) is 5.57 Å². The van der Waals surface area contributed by atoms with E-state index in [0.717, 1.165) is 0 Å². The Hall–Kier alpha value is -2.09. The normalized spacial score (nSPS) is 28.8.